The minimum atomic E-state index is -1.03. The van der Waals surface area contributed by atoms with Crippen molar-refractivity contribution in [2.75, 3.05) is 6.61 Å². The molecule has 0 aromatic heterocycles. The Kier molecular flexibility index (Phi) is 6.85. The molecule has 6 nitrogen and oxygen atoms in total. The zero-order chi connectivity index (χ0) is 20.0. The second-order valence-electron chi connectivity index (χ2n) is 6.88. The van der Waals surface area contributed by atoms with Crippen molar-refractivity contribution in [1.82, 2.24) is 5.32 Å². The number of rotatable bonds is 6. The maximum absolute atomic E-state index is 11.7. The first-order valence-corrected chi connectivity index (χ1v) is 9.13. The number of benzene rings is 2. The van der Waals surface area contributed by atoms with Gasteiger partial charge in [-0.25, -0.2) is 9.59 Å². The van der Waals surface area contributed by atoms with Crippen LogP contribution in [-0.4, -0.2) is 29.4 Å². The summed E-state index contributed by atoms with van der Waals surface area (Å²) in [7, 11) is 0. The zero-order valence-corrected chi connectivity index (χ0v) is 17.0. The second-order valence-corrected chi connectivity index (χ2v) is 7.73. The quantitative estimate of drug-likeness (QED) is 0.691. The lowest BCUT2D eigenvalue weighted by atomic mass is 10.0. The molecule has 2 aromatic rings. The Morgan fingerprint density at radius 2 is 1.70 bits per heavy atom. The molecule has 0 radical (unpaired) electrons. The predicted molar refractivity (Wildman–Crippen MR) is 106 cm³/mol. The molecule has 27 heavy (non-hydrogen) atoms. The predicted octanol–water partition coefficient (Wildman–Crippen LogP) is 4.60. The Bertz CT molecular complexity index is 812. The van der Waals surface area contributed by atoms with Gasteiger partial charge in [-0.2, -0.15) is 0 Å². The fraction of sp³-hybridized carbons (Fsp3) is 0.300. The summed E-state index contributed by atoms with van der Waals surface area (Å²) in [6.07, 6.45) is -0.451. The van der Waals surface area contributed by atoms with Crippen LogP contribution in [0.2, 0.25) is 0 Å². The molecule has 2 aromatic carbocycles. The van der Waals surface area contributed by atoms with Gasteiger partial charge in [0.15, 0.2) is 6.61 Å². The molecule has 0 bridgehead atoms. The summed E-state index contributed by atoms with van der Waals surface area (Å²) in [4.78, 5) is 22.3. The number of hydrogen-bond donors (Lipinski definition) is 2. The molecule has 0 atom stereocenters. The molecule has 7 heteroatoms. The molecule has 0 fully saturated rings. The lowest BCUT2D eigenvalue weighted by Crippen LogP contribution is -2.32. The summed E-state index contributed by atoms with van der Waals surface area (Å²) in [5, 5.41) is 11.4. The van der Waals surface area contributed by atoms with E-state index in [1.807, 2.05) is 57.2 Å². The van der Waals surface area contributed by atoms with Gasteiger partial charge in [0.2, 0.25) is 0 Å². The van der Waals surface area contributed by atoms with E-state index in [2.05, 4.69) is 21.2 Å². The van der Waals surface area contributed by atoms with Gasteiger partial charge in [0.1, 0.15) is 11.4 Å². The minimum absolute atomic E-state index is 0.376. The first-order valence-electron chi connectivity index (χ1n) is 8.34. The first-order chi connectivity index (χ1) is 12.6. The summed E-state index contributed by atoms with van der Waals surface area (Å²) in [5.74, 6) is -0.555. The van der Waals surface area contributed by atoms with Gasteiger partial charge in [-0.3, -0.25) is 0 Å². The normalized spacial score (nSPS) is 11.0. The molecular formula is C20H22BrNO5. The van der Waals surface area contributed by atoms with E-state index in [1.165, 1.54) is 0 Å². The van der Waals surface area contributed by atoms with Crippen LogP contribution in [-0.2, 0) is 16.1 Å². The molecule has 0 saturated carbocycles. The van der Waals surface area contributed by atoms with Crippen LogP contribution in [0.15, 0.2) is 46.9 Å². The molecule has 2 rings (SSSR count). The summed E-state index contributed by atoms with van der Waals surface area (Å²) in [6.45, 7) is 5.44. The molecule has 0 aliphatic rings. The van der Waals surface area contributed by atoms with E-state index in [4.69, 9.17) is 14.6 Å². The van der Waals surface area contributed by atoms with E-state index < -0.39 is 24.3 Å². The number of carbonyl (C=O) groups is 2. The van der Waals surface area contributed by atoms with Crippen molar-refractivity contribution in [3.63, 3.8) is 0 Å². The Labute approximate surface area is 166 Å². The molecule has 0 heterocycles. The molecular weight excluding hydrogens is 414 g/mol. The number of carbonyl (C=O) groups excluding carboxylic acids is 1. The molecule has 0 saturated heterocycles. The van der Waals surface area contributed by atoms with Crippen molar-refractivity contribution < 1.29 is 24.2 Å². The number of nitrogens with one attached hydrogen (secondary N) is 1. The molecule has 0 aliphatic carbocycles. The van der Waals surface area contributed by atoms with Gasteiger partial charge >= 0.3 is 12.1 Å². The molecule has 2 N–H and O–H groups in total. The maximum Gasteiger partial charge on any atom is 0.407 e. The van der Waals surface area contributed by atoms with Gasteiger partial charge in [-0.1, -0.05) is 30.3 Å². The summed E-state index contributed by atoms with van der Waals surface area (Å²) >= 11 is 3.39. The Balaban J connectivity index is 1.99. The standard InChI is InChI=1S/C20H22BrNO5/c1-20(2,3)27-19(25)22-11-13-4-6-14(7-5-13)15-8-9-17(16(21)10-15)26-12-18(23)24/h4-10H,11-12H2,1-3H3,(H,22,25)(H,23,24). The maximum atomic E-state index is 11.7. The Morgan fingerprint density at radius 1 is 1.07 bits per heavy atom. The SMILES string of the molecule is CC(C)(C)OC(=O)NCc1ccc(-c2ccc(OCC(=O)O)c(Br)c2)cc1. The number of hydrogen-bond acceptors (Lipinski definition) is 4. The van der Waals surface area contributed by atoms with Gasteiger partial charge in [-0.05, 0) is 65.5 Å². The third kappa shape index (κ3) is 6.94. The highest BCUT2D eigenvalue weighted by atomic mass is 79.9. The number of amides is 1. The number of halogens is 1. The van der Waals surface area contributed by atoms with Crippen molar-refractivity contribution in [3.05, 3.63) is 52.5 Å². The number of carboxylic acids is 1. The topological polar surface area (TPSA) is 84.9 Å². The third-order valence-electron chi connectivity index (χ3n) is 3.41. The largest absolute Gasteiger partial charge is 0.481 e. The average Bonchev–Trinajstić information content (AvgIpc) is 2.57. The van der Waals surface area contributed by atoms with Crippen LogP contribution in [0.4, 0.5) is 4.79 Å². The van der Waals surface area contributed by atoms with E-state index in [0.717, 1.165) is 16.7 Å². The van der Waals surface area contributed by atoms with E-state index in [0.29, 0.717) is 16.8 Å². The average molecular weight is 436 g/mol. The molecule has 0 spiro atoms. The van der Waals surface area contributed by atoms with Crippen molar-refractivity contribution in [2.45, 2.75) is 32.9 Å². The van der Waals surface area contributed by atoms with Gasteiger partial charge in [0, 0.05) is 6.54 Å². The number of carboxylic acid groups (broad SMARTS) is 1. The zero-order valence-electron chi connectivity index (χ0n) is 15.4. The van der Waals surface area contributed by atoms with Crippen molar-refractivity contribution >= 4 is 28.0 Å². The van der Waals surface area contributed by atoms with Crippen LogP contribution in [0.5, 0.6) is 5.75 Å². The fourth-order valence-corrected chi connectivity index (χ4v) is 2.73. The molecule has 0 aliphatic heterocycles. The smallest absolute Gasteiger partial charge is 0.407 e. The summed E-state index contributed by atoms with van der Waals surface area (Å²) in [5.41, 5.74) is 2.37. The molecule has 1 amide bonds. The fourth-order valence-electron chi connectivity index (χ4n) is 2.24. The van der Waals surface area contributed by atoms with E-state index in [-0.39, 0.29) is 0 Å². The van der Waals surface area contributed by atoms with Crippen molar-refractivity contribution in [2.24, 2.45) is 0 Å². The van der Waals surface area contributed by atoms with Crippen LogP contribution in [0.25, 0.3) is 11.1 Å². The van der Waals surface area contributed by atoms with Crippen molar-refractivity contribution in [1.29, 1.82) is 0 Å². The van der Waals surface area contributed by atoms with Crippen LogP contribution < -0.4 is 10.1 Å². The van der Waals surface area contributed by atoms with Crippen LogP contribution in [0.1, 0.15) is 26.3 Å². The van der Waals surface area contributed by atoms with E-state index in [1.54, 1.807) is 6.07 Å². The van der Waals surface area contributed by atoms with E-state index >= 15 is 0 Å². The van der Waals surface area contributed by atoms with Gasteiger partial charge < -0.3 is 19.9 Å². The number of ether oxygens (including phenoxy) is 2. The highest BCUT2D eigenvalue weighted by Gasteiger charge is 2.15. The Hall–Kier alpha value is -2.54. The summed E-state index contributed by atoms with van der Waals surface area (Å²) < 4.78 is 11.1. The van der Waals surface area contributed by atoms with E-state index in [9.17, 15) is 9.59 Å². The number of alkyl carbamates (subject to hydrolysis) is 1. The highest BCUT2D eigenvalue weighted by Crippen LogP contribution is 2.31. The molecule has 0 unspecified atom stereocenters. The monoisotopic (exact) mass is 435 g/mol. The van der Waals surface area contributed by atoms with Crippen LogP contribution >= 0.6 is 15.9 Å². The minimum Gasteiger partial charge on any atom is -0.481 e. The van der Waals surface area contributed by atoms with Crippen molar-refractivity contribution in [3.8, 4) is 16.9 Å². The highest BCUT2D eigenvalue weighted by molar-refractivity contribution is 9.10. The number of aliphatic carboxylic acids is 1. The second kappa shape index (κ2) is 8.90. The van der Waals surface area contributed by atoms with Gasteiger partial charge in [0.25, 0.3) is 0 Å². The van der Waals surface area contributed by atoms with Gasteiger partial charge in [-0.15, -0.1) is 0 Å². The lowest BCUT2D eigenvalue weighted by molar-refractivity contribution is -0.139. The van der Waals surface area contributed by atoms with Gasteiger partial charge in [0.05, 0.1) is 4.47 Å². The third-order valence-corrected chi connectivity index (χ3v) is 4.03. The molecule has 144 valence electrons. The van der Waals surface area contributed by atoms with Crippen LogP contribution in [0, 0.1) is 0 Å². The Morgan fingerprint density at radius 3 is 2.26 bits per heavy atom. The van der Waals surface area contributed by atoms with Crippen LogP contribution in [0.3, 0.4) is 0 Å². The summed E-state index contributed by atoms with van der Waals surface area (Å²) in [6, 6.07) is 13.2. The first kappa shape index (κ1) is 20.8. The lowest BCUT2D eigenvalue weighted by Gasteiger charge is -2.19.